The van der Waals surface area contributed by atoms with Gasteiger partial charge in [0.05, 0.1) is 0 Å². The average Bonchev–Trinajstić information content (AvgIpc) is 1.72. The van der Waals surface area contributed by atoms with Gasteiger partial charge in [-0.15, -0.1) is 0 Å². The van der Waals surface area contributed by atoms with Gasteiger partial charge >= 0.3 is 5.97 Å². The van der Waals surface area contributed by atoms with Crippen molar-refractivity contribution >= 4 is 11.8 Å². The molecule has 0 saturated heterocycles. The Morgan fingerprint density at radius 3 is 2.00 bits per heavy atom. The number of hydrogen-bond donors (Lipinski definition) is 0. The lowest BCUT2D eigenvalue weighted by atomic mass is 9.40. The number of Topliss-reactive ketones (excluding diaryl/α,β-unsaturated/α-hetero) is 1. The van der Waals surface area contributed by atoms with Gasteiger partial charge in [-0.05, 0) is 6.92 Å². The Morgan fingerprint density at radius 2 is 1.67 bits per heavy atom. The highest BCUT2D eigenvalue weighted by atomic mass is 16.6. The Labute approximate surface area is 71.1 Å². The van der Waals surface area contributed by atoms with E-state index in [4.69, 9.17) is 4.74 Å². The SMILES string of the molecule is CC(=O)OC12CC(C(C)=O)(C1)C2. The highest BCUT2D eigenvalue weighted by Crippen LogP contribution is 2.69. The van der Waals surface area contributed by atoms with E-state index < -0.39 is 0 Å². The smallest absolute Gasteiger partial charge is 0.303 e. The lowest BCUT2D eigenvalue weighted by Gasteiger charge is -2.67. The maximum absolute atomic E-state index is 11.1. The molecule has 0 aromatic heterocycles. The number of rotatable bonds is 2. The second-order valence-electron chi connectivity index (χ2n) is 4.14. The minimum Gasteiger partial charge on any atom is -0.459 e. The van der Waals surface area contributed by atoms with E-state index in [0.29, 0.717) is 0 Å². The summed E-state index contributed by atoms with van der Waals surface area (Å²) in [5, 5.41) is 0. The first-order valence-corrected chi connectivity index (χ1v) is 4.19. The van der Waals surface area contributed by atoms with Crippen LogP contribution in [0.4, 0.5) is 0 Å². The molecule has 3 saturated carbocycles. The monoisotopic (exact) mass is 168 g/mol. The molecule has 0 aliphatic heterocycles. The van der Waals surface area contributed by atoms with Gasteiger partial charge < -0.3 is 4.74 Å². The Morgan fingerprint density at radius 1 is 1.17 bits per heavy atom. The van der Waals surface area contributed by atoms with Crippen molar-refractivity contribution in [2.75, 3.05) is 0 Å². The van der Waals surface area contributed by atoms with Gasteiger partial charge in [-0.3, -0.25) is 9.59 Å². The highest BCUT2D eigenvalue weighted by Gasteiger charge is 2.72. The van der Waals surface area contributed by atoms with Crippen LogP contribution in [0.25, 0.3) is 0 Å². The van der Waals surface area contributed by atoms with Gasteiger partial charge in [0.1, 0.15) is 11.4 Å². The Hall–Kier alpha value is -0.860. The first kappa shape index (κ1) is 7.77. The van der Waals surface area contributed by atoms with Gasteiger partial charge in [-0.2, -0.15) is 0 Å². The number of ketones is 1. The van der Waals surface area contributed by atoms with Crippen molar-refractivity contribution in [3.63, 3.8) is 0 Å². The van der Waals surface area contributed by atoms with Crippen LogP contribution in [-0.4, -0.2) is 17.4 Å². The van der Waals surface area contributed by atoms with Crippen LogP contribution in [0.15, 0.2) is 0 Å². The van der Waals surface area contributed by atoms with Crippen molar-refractivity contribution in [2.24, 2.45) is 5.41 Å². The van der Waals surface area contributed by atoms with Crippen LogP contribution in [0.2, 0.25) is 0 Å². The Kier molecular flexibility index (Phi) is 1.23. The largest absolute Gasteiger partial charge is 0.459 e. The van der Waals surface area contributed by atoms with Crippen molar-refractivity contribution in [3.05, 3.63) is 0 Å². The van der Waals surface area contributed by atoms with Crippen molar-refractivity contribution in [2.45, 2.75) is 38.7 Å². The number of ether oxygens (including phenoxy) is 1. The Bertz CT molecular complexity index is 247. The summed E-state index contributed by atoms with van der Waals surface area (Å²) >= 11 is 0. The molecule has 0 heterocycles. The van der Waals surface area contributed by atoms with E-state index in [9.17, 15) is 9.59 Å². The summed E-state index contributed by atoms with van der Waals surface area (Å²) in [5.74, 6) is 0.0170. The van der Waals surface area contributed by atoms with Crippen molar-refractivity contribution in [1.29, 1.82) is 0 Å². The number of hydrogen-bond acceptors (Lipinski definition) is 3. The summed E-state index contributed by atoms with van der Waals surface area (Å²) in [6, 6.07) is 0. The zero-order valence-electron chi connectivity index (χ0n) is 7.35. The van der Waals surface area contributed by atoms with Crippen LogP contribution in [0.1, 0.15) is 33.1 Å². The molecule has 12 heavy (non-hydrogen) atoms. The van der Waals surface area contributed by atoms with Crippen LogP contribution in [-0.2, 0) is 14.3 Å². The molecule has 0 spiro atoms. The molecule has 0 aromatic carbocycles. The van der Waals surface area contributed by atoms with Crippen LogP contribution < -0.4 is 0 Å². The molecule has 0 N–H and O–H groups in total. The molecule has 0 atom stereocenters. The predicted molar refractivity (Wildman–Crippen MR) is 41.5 cm³/mol. The molecular weight excluding hydrogens is 156 g/mol. The van der Waals surface area contributed by atoms with Crippen LogP contribution in [0.5, 0.6) is 0 Å². The van der Waals surface area contributed by atoms with Crippen molar-refractivity contribution in [3.8, 4) is 0 Å². The molecule has 3 nitrogen and oxygen atoms in total. The number of carbonyl (C=O) groups is 2. The molecule has 0 unspecified atom stereocenters. The molecule has 0 aromatic rings. The second-order valence-corrected chi connectivity index (χ2v) is 4.14. The first-order valence-electron chi connectivity index (χ1n) is 4.19. The van der Waals surface area contributed by atoms with Crippen LogP contribution in [0, 0.1) is 5.41 Å². The third-order valence-corrected chi connectivity index (χ3v) is 3.09. The molecule has 3 aliphatic rings. The standard InChI is InChI=1S/C9H12O3/c1-6(10)8-3-9(4-8,5-8)12-7(2)11/h3-5H2,1-2H3. The van der Waals surface area contributed by atoms with Gasteiger partial charge in [0, 0.05) is 31.6 Å². The van der Waals surface area contributed by atoms with E-state index >= 15 is 0 Å². The lowest BCUT2D eigenvalue weighted by Crippen LogP contribution is -2.71. The minimum atomic E-state index is -0.239. The average molecular weight is 168 g/mol. The van der Waals surface area contributed by atoms with Gasteiger partial charge in [0.25, 0.3) is 0 Å². The van der Waals surface area contributed by atoms with Gasteiger partial charge in [0.15, 0.2) is 0 Å². The third kappa shape index (κ3) is 0.765. The van der Waals surface area contributed by atoms with Gasteiger partial charge in [0.2, 0.25) is 0 Å². The zero-order valence-corrected chi connectivity index (χ0v) is 7.35. The topological polar surface area (TPSA) is 43.4 Å². The third-order valence-electron chi connectivity index (χ3n) is 3.09. The predicted octanol–water partition coefficient (Wildman–Crippen LogP) is 1.06. The summed E-state index contributed by atoms with van der Waals surface area (Å²) in [4.78, 5) is 21.7. The molecule has 3 aliphatic carbocycles. The second kappa shape index (κ2) is 1.90. The Balaban J connectivity index is 1.95. The summed E-state index contributed by atoms with van der Waals surface area (Å²) < 4.78 is 5.12. The van der Waals surface area contributed by atoms with Crippen molar-refractivity contribution in [1.82, 2.24) is 0 Å². The van der Waals surface area contributed by atoms with E-state index in [1.165, 1.54) is 6.92 Å². The quantitative estimate of drug-likeness (QED) is 0.579. The maximum Gasteiger partial charge on any atom is 0.303 e. The molecule has 66 valence electrons. The van der Waals surface area contributed by atoms with Gasteiger partial charge in [-0.25, -0.2) is 0 Å². The normalized spacial score (nSPS) is 42.5. The number of carbonyl (C=O) groups excluding carboxylic acids is 2. The van der Waals surface area contributed by atoms with Crippen molar-refractivity contribution < 1.29 is 14.3 Å². The lowest BCUT2D eigenvalue weighted by molar-refractivity contribution is -0.261. The zero-order chi connectivity index (χ0) is 8.98. The molecule has 0 amide bonds. The summed E-state index contributed by atoms with van der Waals surface area (Å²) in [7, 11) is 0. The van der Waals surface area contributed by atoms with E-state index in [0.717, 1.165) is 19.3 Å². The number of esters is 1. The molecule has 3 fully saturated rings. The molecule has 0 radical (unpaired) electrons. The van der Waals surface area contributed by atoms with Crippen LogP contribution >= 0.6 is 0 Å². The fourth-order valence-electron chi connectivity index (χ4n) is 2.48. The molecule has 2 bridgehead atoms. The maximum atomic E-state index is 11.1. The first-order chi connectivity index (χ1) is 5.48. The van der Waals surface area contributed by atoms with Crippen LogP contribution in [0.3, 0.4) is 0 Å². The van der Waals surface area contributed by atoms with E-state index in [1.54, 1.807) is 6.92 Å². The van der Waals surface area contributed by atoms with E-state index in [2.05, 4.69) is 0 Å². The molecule has 3 rings (SSSR count). The fourth-order valence-corrected chi connectivity index (χ4v) is 2.48. The summed E-state index contributed by atoms with van der Waals surface area (Å²) in [6.07, 6.45) is 2.28. The highest BCUT2D eigenvalue weighted by molar-refractivity contribution is 5.87. The molecular formula is C9H12O3. The van der Waals surface area contributed by atoms with E-state index in [1.807, 2.05) is 0 Å². The summed E-state index contributed by atoms with van der Waals surface area (Å²) in [5.41, 5.74) is -0.340. The summed E-state index contributed by atoms with van der Waals surface area (Å²) in [6.45, 7) is 3.04. The van der Waals surface area contributed by atoms with Gasteiger partial charge in [-0.1, -0.05) is 0 Å². The molecule has 3 heteroatoms. The minimum absolute atomic E-state index is 0.102. The van der Waals surface area contributed by atoms with E-state index in [-0.39, 0.29) is 22.8 Å². The fraction of sp³-hybridized carbons (Fsp3) is 0.778.